The fourth-order valence-corrected chi connectivity index (χ4v) is 2.63. The molecule has 0 saturated carbocycles. The van der Waals surface area contributed by atoms with Crippen LogP contribution in [0.5, 0.6) is 0 Å². The van der Waals surface area contributed by atoms with Crippen molar-refractivity contribution in [2.45, 2.75) is 31.2 Å². The van der Waals surface area contributed by atoms with E-state index in [0.29, 0.717) is 12.8 Å². The zero-order valence-electron chi connectivity index (χ0n) is 10.7. The molecule has 2 aromatic rings. The molecule has 1 fully saturated rings. The van der Waals surface area contributed by atoms with Gasteiger partial charge < -0.3 is 4.74 Å². The van der Waals surface area contributed by atoms with Crippen molar-refractivity contribution in [2.75, 3.05) is 0 Å². The minimum Gasteiger partial charge on any atom is -0.365 e. The monoisotopic (exact) mass is 256 g/mol. The van der Waals surface area contributed by atoms with Crippen LogP contribution in [0.2, 0.25) is 0 Å². The topological polar surface area (TPSA) is 9.23 Å². The Labute approximate surface area is 113 Å². The highest BCUT2D eigenvalue weighted by molar-refractivity contribution is 5.21. The molecule has 0 bridgehead atoms. The van der Waals surface area contributed by atoms with Gasteiger partial charge in [0.2, 0.25) is 0 Å². The molecule has 0 radical (unpaired) electrons. The summed E-state index contributed by atoms with van der Waals surface area (Å²) < 4.78 is 20.1. The minimum absolute atomic E-state index is 0.143. The zero-order chi connectivity index (χ0) is 13.1. The van der Waals surface area contributed by atoms with Crippen LogP contribution in [-0.2, 0) is 4.74 Å². The molecule has 1 nitrogen and oxygen atoms in total. The maximum atomic E-state index is 14.0. The second kappa shape index (κ2) is 5.54. The largest absolute Gasteiger partial charge is 0.365 e. The van der Waals surface area contributed by atoms with Crippen LogP contribution < -0.4 is 0 Å². The number of halogens is 1. The Hall–Kier alpha value is -1.67. The molecule has 19 heavy (non-hydrogen) atoms. The van der Waals surface area contributed by atoms with Gasteiger partial charge in [-0.2, -0.15) is 0 Å². The molecule has 1 heterocycles. The Bertz CT molecular complexity index is 464. The zero-order valence-corrected chi connectivity index (χ0v) is 10.7. The van der Waals surface area contributed by atoms with Gasteiger partial charge in [0.25, 0.3) is 0 Å². The second-order valence-corrected chi connectivity index (χ2v) is 5.00. The van der Waals surface area contributed by atoms with Crippen molar-refractivity contribution in [2.24, 2.45) is 0 Å². The van der Waals surface area contributed by atoms with Crippen LogP contribution in [0.4, 0.5) is 4.39 Å². The van der Waals surface area contributed by atoms with Gasteiger partial charge in [-0.05, 0) is 11.1 Å². The van der Waals surface area contributed by atoms with Gasteiger partial charge in [-0.15, -0.1) is 0 Å². The van der Waals surface area contributed by atoms with Gasteiger partial charge >= 0.3 is 0 Å². The smallest absolute Gasteiger partial charge is 0.106 e. The van der Waals surface area contributed by atoms with Gasteiger partial charge in [0, 0.05) is 12.8 Å². The number of hydrogen-bond acceptors (Lipinski definition) is 1. The van der Waals surface area contributed by atoms with Crippen LogP contribution in [0.15, 0.2) is 60.7 Å². The van der Waals surface area contributed by atoms with Gasteiger partial charge in [0.15, 0.2) is 0 Å². The Morgan fingerprint density at radius 2 is 1.16 bits per heavy atom. The molecule has 0 amide bonds. The molecule has 98 valence electrons. The average Bonchev–Trinajstić information content (AvgIpc) is 2.48. The highest BCUT2D eigenvalue weighted by Crippen LogP contribution is 2.39. The first-order valence-corrected chi connectivity index (χ1v) is 6.72. The predicted molar refractivity (Wildman–Crippen MR) is 73.6 cm³/mol. The summed E-state index contributed by atoms with van der Waals surface area (Å²) in [6.45, 7) is 0. The van der Waals surface area contributed by atoms with E-state index in [1.807, 2.05) is 60.7 Å². The number of alkyl halides is 1. The van der Waals surface area contributed by atoms with E-state index in [9.17, 15) is 4.39 Å². The molecule has 1 unspecified atom stereocenters. The fraction of sp³-hybridized carbons (Fsp3) is 0.294. The second-order valence-electron chi connectivity index (χ2n) is 5.00. The van der Waals surface area contributed by atoms with Crippen molar-refractivity contribution < 1.29 is 9.13 Å². The van der Waals surface area contributed by atoms with Gasteiger partial charge in [0.1, 0.15) is 6.17 Å². The van der Waals surface area contributed by atoms with Crippen molar-refractivity contribution in [1.82, 2.24) is 0 Å². The standard InChI is InChI=1S/C17H17FO/c18-15-11-16(13-7-3-1-4-8-13)19-17(12-15)14-9-5-2-6-10-14/h1-10,15-17H,11-12H2/t15?,16-,17+. The Morgan fingerprint density at radius 3 is 1.58 bits per heavy atom. The lowest BCUT2D eigenvalue weighted by Crippen LogP contribution is -2.24. The van der Waals surface area contributed by atoms with Crippen molar-refractivity contribution >= 4 is 0 Å². The molecule has 1 aliphatic heterocycles. The van der Waals surface area contributed by atoms with Gasteiger partial charge in [-0.3, -0.25) is 0 Å². The molecule has 2 heteroatoms. The van der Waals surface area contributed by atoms with Crippen molar-refractivity contribution in [3.8, 4) is 0 Å². The van der Waals surface area contributed by atoms with E-state index in [4.69, 9.17) is 4.74 Å². The molecule has 1 aliphatic rings. The van der Waals surface area contributed by atoms with Crippen molar-refractivity contribution in [3.63, 3.8) is 0 Å². The summed E-state index contributed by atoms with van der Waals surface area (Å²) in [6, 6.07) is 19.8. The Morgan fingerprint density at radius 1 is 0.737 bits per heavy atom. The maximum absolute atomic E-state index is 14.0. The SMILES string of the molecule is FC1C[C@@H](c2ccccc2)O[C@@H](c2ccccc2)C1. The molecule has 3 atom stereocenters. The van der Waals surface area contributed by atoms with Crippen LogP contribution in [0.1, 0.15) is 36.2 Å². The van der Waals surface area contributed by atoms with Crippen molar-refractivity contribution in [1.29, 1.82) is 0 Å². The normalized spacial score (nSPS) is 27.1. The summed E-state index contributed by atoms with van der Waals surface area (Å²) in [4.78, 5) is 0. The molecular weight excluding hydrogens is 239 g/mol. The third-order valence-corrected chi connectivity index (χ3v) is 3.61. The molecular formula is C17H17FO. The average molecular weight is 256 g/mol. The number of rotatable bonds is 2. The van der Waals surface area contributed by atoms with Crippen LogP contribution in [0, 0.1) is 0 Å². The number of ether oxygens (including phenoxy) is 1. The van der Waals surface area contributed by atoms with Crippen molar-refractivity contribution in [3.05, 3.63) is 71.8 Å². The van der Waals surface area contributed by atoms with E-state index >= 15 is 0 Å². The molecule has 2 aromatic carbocycles. The van der Waals surface area contributed by atoms with Crippen LogP contribution in [0.25, 0.3) is 0 Å². The number of hydrogen-bond donors (Lipinski definition) is 0. The molecule has 0 aliphatic carbocycles. The Kier molecular flexibility index (Phi) is 3.60. The lowest BCUT2D eigenvalue weighted by Gasteiger charge is -2.32. The quantitative estimate of drug-likeness (QED) is 0.762. The van der Waals surface area contributed by atoms with Gasteiger partial charge in [-0.25, -0.2) is 4.39 Å². The number of benzene rings is 2. The third kappa shape index (κ3) is 2.85. The summed E-state index contributed by atoms with van der Waals surface area (Å²) in [5.41, 5.74) is 2.12. The molecule has 0 aromatic heterocycles. The summed E-state index contributed by atoms with van der Waals surface area (Å²) >= 11 is 0. The predicted octanol–water partition coefficient (Wildman–Crippen LogP) is 4.62. The fourth-order valence-electron chi connectivity index (χ4n) is 2.63. The van der Waals surface area contributed by atoms with E-state index in [2.05, 4.69) is 0 Å². The van der Waals surface area contributed by atoms with E-state index in [0.717, 1.165) is 11.1 Å². The van der Waals surface area contributed by atoms with Crippen LogP contribution >= 0.6 is 0 Å². The minimum atomic E-state index is -0.802. The summed E-state index contributed by atoms with van der Waals surface area (Å²) in [5, 5.41) is 0. The molecule has 0 spiro atoms. The Balaban J connectivity index is 1.82. The van der Waals surface area contributed by atoms with Crippen LogP contribution in [0.3, 0.4) is 0 Å². The highest BCUT2D eigenvalue weighted by Gasteiger charge is 2.31. The van der Waals surface area contributed by atoms with Crippen LogP contribution in [-0.4, -0.2) is 6.17 Å². The third-order valence-electron chi connectivity index (χ3n) is 3.61. The van der Waals surface area contributed by atoms with Gasteiger partial charge in [0.05, 0.1) is 12.2 Å². The van der Waals surface area contributed by atoms with E-state index in [1.165, 1.54) is 0 Å². The van der Waals surface area contributed by atoms with E-state index in [-0.39, 0.29) is 12.2 Å². The maximum Gasteiger partial charge on any atom is 0.106 e. The van der Waals surface area contributed by atoms with Gasteiger partial charge in [-0.1, -0.05) is 60.7 Å². The summed E-state index contributed by atoms with van der Waals surface area (Å²) in [6.07, 6.45) is -0.185. The lowest BCUT2D eigenvalue weighted by atomic mass is 9.94. The first-order chi connectivity index (χ1) is 9.33. The highest BCUT2D eigenvalue weighted by atomic mass is 19.1. The first-order valence-electron chi connectivity index (χ1n) is 6.72. The molecule has 1 saturated heterocycles. The first kappa shape index (κ1) is 12.4. The molecule has 3 rings (SSSR count). The summed E-state index contributed by atoms with van der Waals surface area (Å²) in [7, 11) is 0. The summed E-state index contributed by atoms with van der Waals surface area (Å²) in [5.74, 6) is 0. The van der Waals surface area contributed by atoms with E-state index < -0.39 is 6.17 Å². The lowest BCUT2D eigenvalue weighted by molar-refractivity contribution is -0.0811. The molecule has 0 N–H and O–H groups in total. The van der Waals surface area contributed by atoms with E-state index in [1.54, 1.807) is 0 Å².